The molecular formula is C22H26N4O2. The van der Waals surface area contributed by atoms with Crippen LogP contribution in [-0.4, -0.2) is 35.1 Å². The summed E-state index contributed by atoms with van der Waals surface area (Å²) < 4.78 is 5.18. The molecule has 0 aliphatic heterocycles. The number of hydrogen-bond donors (Lipinski definition) is 2. The molecule has 1 aromatic heterocycles. The zero-order chi connectivity index (χ0) is 19.9. The average Bonchev–Trinajstić information content (AvgIpc) is 2.73. The molecule has 0 bridgehead atoms. The smallest absolute Gasteiger partial charge is 0.252 e. The van der Waals surface area contributed by atoms with Gasteiger partial charge in [0.15, 0.2) is 0 Å². The van der Waals surface area contributed by atoms with Crippen LogP contribution in [0.2, 0.25) is 0 Å². The SMILES string of the molecule is CCN(CC)Cc1ccc(Nc2nc(-c3ccc(OC)cc3)cc(=O)[nH]2)cc1. The summed E-state index contributed by atoms with van der Waals surface area (Å²) in [6.45, 7) is 7.31. The lowest BCUT2D eigenvalue weighted by Crippen LogP contribution is -2.22. The Morgan fingerprint density at radius 2 is 1.71 bits per heavy atom. The summed E-state index contributed by atoms with van der Waals surface area (Å²) >= 11 is 0. The van der Waals surface area contributed by atoms with E-state index in [2.05, 4.69) is 46.2 Å². The first-order valence-electron chi connectivity index (χ1n) is 9.45. The number of benzene rings is 2. The quantitative estimate of drug-likeness (QED) is 0.619. The first kappa shape index (κ1) is 19.6. The molecule has 2 N–H and O–H groups in total. The normalized spacial score (nSPS) is 10.9. The van der Waals surface area contributed by atoms with Crippen LogP contribution in [0.5, 0.6) is 5.75 Å². The van der Waals surface area contributed by atoms with Crippen molar-refractivity contribution in [3.05, 3.63) is 70.5 Å². The summed E-state index contributed by atoms with van der Waals surface area (Å²) in [5.41, 5.74) is 3.37. The standard InChI is InChI=1S/C22H26N4O2/c1-4-26(5-2)15-16-6-10-18(11-7-16)23-22-24-20(14-21(27)25-22)17-8-12-19(28-3)13-9-17/h6-14H,4-5,15H2,1-3H3,(H2,23,24,25,27). The van der Waals surface area contributed by atoms with Crippen molar-refractivity contribution in [3.63, 3.8) is 0 Å². The number of nitrogens with one attached hydrogen (secondary N) is 2. The van der Waals surface area contributed by atoms with Crippen molar-refractivity contribution in [3.8, 4) is 17.0 Å². The summed E-state index contributed by atoms with van der Waals surface area (Å²) in [5.74, 6) is 1.17. The van der Waals surface area contributed by atoms with E-state index in [0.29, 0.717) is 11.6 Å². The van der Waals surface area contributed by atoms with Crippen LogP contribution < -0.4 is 15.6 Å². The molecule has 28 heavy (non-hydrogen) atoms. The van der Waals surface area contributed by atoms with Gasteiger partial charge in [-0.3, -0.25) is 14.7 Å². The molecule has 0 radical (unpaired) electrons. The van der Waals surface area contributed by atoms with Gasteiger partial charge in [0.05, 0.1) is 12.8 Å². The fourth-order valence-electron chi connectivity index (χ4n) is 2.96. The van der Waals surface area contributed by atoms with Gasteiger partial charge in [0.25, 0.3) is 5.56 Å². The maximum absolute atomic E-state index is 12.1. The minimum Gasteiger partial charge on any atom is -0.497 e. The Morgan fingerprint density at radius 3 is 2.32 bits per heavy atom. The van der Waals surface area contributed by atoms with E-state index in [0.717, 1.165) is 36.6 Å². The van der Waals surface area contributed by atoms with Gasteiger partial charge in [-0.2, -0.15) is 0 Å². The van der Waals surface area contributed by atoms with E-state index in [1.54, 1.807) is 7.11 Å². The van der Waals surface area contributed by atoms with Gasteiger partial charge in [-0.25, -0.2) is 4.98 Å². The monoisotopic (exact) mass is 378 g/mol. The van der Waals surface area contributed by atoms with Crippen molar-refractivity contribution >= 4 is 11.6 Å². The predicted molar refractivity (Wildman–Crippen MR) is 113 cm³/mol. The number of hydrogen-bond acceptors (Lipinski definition) is 5. The number of methoxy groups -OCH3 is 1. The minimum atomic E-state index is -0.207. The first-order chi connectivity index (χ1) is 13.6. The molecule has 0 fully saturated rings. The molecule has 0 amide bonds. The highest BCUT2D eigenvalue weighted by atomic mass is 16.5. The van der Waals surface area contributed by atoms with Crippen LogP contribution in [0, 0.1) is 0 Å². The molecule has 146 valence electrons. The van der Waals surface area contributed by atoms with Gasteiger partial charge >= 0.3 is 0 Å². The second-order valence-corrected chi connectivity index (χ2v) is 6.49. The van der Waals surface area contributed by atoms with Gasteiger partial charge in [0.2, 0.25) is 5.95 Å². The Labute approximate surface area is 165 Å². The highest BCUT2D eigenvalue weighted by Crippen LogP contribution is 2.21. The molecule has 0 unspecified atom stereocenters. The molecule has 1 heterocycles. The summed E-state index contributed by atoms with van der Waals surface area (Å²) in [4.78, 5) is 21.7. The van der Waals surface area contributed by atoms with Crippen molar-refractivity contribution in [2.45, 2.75) is 20.4 Å². The summed E-state index contributed by atoms with van der Waals surface area (Å²) in [5, 5.41) is 3.18. The van der Waals surface area contributed by atoms with Gasteiger partial charge in [-0.05, 0) is 55.1 Å². The Morgan fingerprint density at radius 1 is 1.04 bits per heavy atom. The van der Waals surface area contributed by atoms with Crippen molar-refractivity contribution in [2.75, 3.05) is 25.5 Å². The Hall–Kier alpha value is -3.12. The van der Waals surface area contributed by atoms with Crippen LogP contribution in [0.1, 0.15) is 19.4 Å². The van der Waals surface area contributed by atoms with Crippen molar-refractivity contribution < 1.29 is 4.74 Å². The highest BCUT2D eigenvalue weighted by molar-refractivity contribution is 5.62. The van der Waals surface area contributed by atoms with E-state index in [1.165, 1.54) is 11.6 Å². The summed E-state index contributed by atoms with van der Waals surface area (Å²) in [7, 11) is 1.62. The largest absolute Gasteiger partial charge is 0.497 e. The van der Waals surface area contributed by atoms with Crippen LogP contribution >= 0.6 is 0 Å². The third-order valence-corrected chi connectivity index (χ3v) is 4.64. The van der Waals surface area contributed by atoms with Gasteiger partial charge in [0.1, 0.15) is 5.75 Å². The molecule has 0 saturated heterocycles. The lowest BCUT2D eigenvalue weighted by Gasteiger charge is -2.18. The molecule has 6 heteroatoms. The number of H-pyrrole nitrogens is 1. The van der Waals surface area contributed by atoms with Crippen molar-refractivity contribution in [1.82, 2.24) is 14.9 Å². The Kier molecular flexibility index (Phi) is 6.45. The van der Waals surface area contributed by atoms with Crippen molar-refractivity contribution in [1.29, 1.82) is 0 Å². The Bertz CT molecular complexity index is 946. The molecule has 0 aliphatic rings. The number of rotatable bonds is 8. The zero-order valence-electron chi connectivity index (χ0n) is 16.5. The number of ether oxygens (including phenoxy) is 1. The number of aromatic nitrogens is 2. The fraction of sp³-hybridized carbons (Fsp3) is 0.273. The third-order valence-electron chi connectivity index (χ3n) is 4.64. The molecule has 2 aromatic carbocycles. The second-order valence-electron chi connectivity index (χ2n) is 6.49. The average molecular weight is 378 g/mol. The number of aromatic amines is 1. The van der Waals surface area contributed by atoms with Crippen LogP contribution in [0.25, 0.3) is 11.3 Å². The second kappa shape index (κ2) is 9.19. The van der Waals surface area contributed by atoms with E-state index in [9.17, 15) is 4.79 Å². The van der Waals surface area contributed by atoms with Crippen LogP contribution in [-0.2, 0) is 6.54 Å². The Balaban J connectivity index is 1.77. The van der Waals surface area contributed by atoms with Gasteiger partial charge in [-0.1, -0.05) is 26.0 Å². The molecule has 0 spiro atoms. The van der Waals surface area contributed by atoms with Gasteiger partial charge in [0, 0.05) is 23.9 Å². The lowest BCUT2D eigenvalue weighted by atomic mass is 10.1. The van der Waals surface area contributed by atoms with Gasteiger partial charge < -0.3 is 10.1 Å². The molecule has 3 aromatic rings. The van der Waals surface area contributed by atoms with Crippen molar-refractivity contribution in [2.24, 2.45) is 0 Å². The third kappa shape index (κ3) is 4.98. The maximum Gasteiger partial charge on any atom is 0.252 e. The van der Waals surface area contributed by atoms with E-state index in [-0.39, 0.29) is 5.56 Å². The number of anilines is 2. The zero-order valence-corrected chi connectivity index (χ0v) is 16.5. The molecular weight excluding hydrogens is 352 g/mol. The molecule has 6 nitrogen and oxygen atoms in total. The lowest BCUT2D eigenvalue weighted by molar-refractivity contribution is 0.296. The molecule has 0 aliphatic carbocycles. The van der Waals surface area contributed by atoms with Crippen LogP contribution in [0.4, 0.5) is 11.6 Å². The first-order valence-corrected chi connectivity index (χ1v) is 9.45. The van der Waals surface area contributed by atoms with E-state index < -0.39 is 0 Å². The highest BCUT2D eigenvalue weighted by Gasteiger charge is 2.06. The van der Waals surface area contributed by atoms with E-state index >= 15 is 0 Å². The molecule has 0 saturated carbocycles. The van der Waals surface area contributed by atoms with Gasteiger partial charge in [-0.15, -0.1) is 0 Å². The van der Waals surface area contributed by atoms with Crippen LogP contribution in [0.3, 0.4) is 0 Å². The van der Waals surface area contributed by atoms with E-state index in [4.69, 9.17) is 4.74 Å². The number of nitrogens with zero attached hydrogens (tertiary/aromatic N) is 2. The van der Waals surface area contributed by atoms with E-state index in [1.807, 2.05) is 36.4 Å². The fourth-order valence-corrected chi connectivity index (χ4v) is 2.96. The summed E-state index contributed by atoms with van der Waals surface area (Å²) in [6.07, 6.45) is 0. The summed E-state index contributed by atoms with van der Waals surface area (Å²) in [6, 6.07) is 17.1. The minimum absolute atomic E-state index is 0.207. The maximum atomic E-state index is 12.1. The topological polar surface area (TPSA) is 70.2 Å². The molecule has 0 atom stereocenters. The predicted octanol–water partition coefficient (Wildman–Crippen LogP) is 4.03. The van der Waals surface area contributed by atoms with Crippen LogP contribution in [0.15, 0.2) is 59.4 Å². The molecule has 3 rings (SSSR count).